The first-order valence-electron chi connectivity index (χ1n) is 8.01. The number of carbonyl (C=O) groups excluding carboxylic acids is 1. The fourth-order valence-corrected chi connectivity index (χ4v) is 2.97. The fourth-order valence-electron chi connectivity index (χ4n) is 2.75. The fraction of sp³-hybridized carbons (Fsp3) is 0.211. The van der Waals surface area contributed by atoms with E-state index in [4.69, 9.17) is 11.0 Å². The summed E-state index contributed by atoms with van der Waals surface area (Å²) in [5.41, 5.74) is 8.07. The van der Waals surface area contributed by atoms with E-state index < -0.39 is 0 Å². The normalized spacial score (nSPS) is 14.5. The third kappa shape index (κ3) is 3.57. The number of halogens is 1. The first-order chi connectivity index (χ1) is 12.1. The maximum absolute atomic E-state index is 13.2. The van der Waals surface area contributed by atoms with Crippen molar-refractivity contribution in [3.8, 4) is 6.07 Å². The number of benzene rings is 1. The molecule has 1 saturated carbocycles. The number of hydrogen-bond acceptors (Lipinski definition) is 4. The molecule has 25 heavy (non-hydrogen) atoms. The molecule has 1 amide bonds. The van der Waals surface area contributed by atoms with Crippen LogP contribution in [0.3, 0.4) is 0 Å². The Kier molecular flexibility index (Phi) is 5.15. The van der Waals surface area contributed by atoms with Crippen LogP contribution in [0.25, 0.3) is 4.48 Å². The minimum Gasteiger partial charge on any atom is -0.404 e. The molecule has 0 spiro atoms. The van der Waals surface area contributed by atoms with Crippen LogP contribution < -0.4 is 10.6 Å². The summed E-state index contributed by atoms with van der Waals surface area (Å²) in [6, 6.07) is 12.8. The van der Waals surface area contributed by atoms with Gasteiger partial charge >= 0.3 is 0 Å². The number of rotatable bonds is 4. The number of pyridine rings is 1. The van der Waals surface area contributed by atoms with Crippen molar-refractivity contribution in [2.75, 3.05) is 4.90 Å². The average Bonchev–Trinajstić information content (AvgIpc) is 2.63. The zero-order valence-electron chi connectivity index (χ0n) is 13.5. The molecule has 2 N–H and O–H groups in total. The second-order valence-corrected chi connectivity index (χ2v) is 6.72. The predicted octanol–water partition coefficient (Wildman–Crippen LogP) is 3.80. The number of nitrogens with two attached hydrogens (primary N) is 1. The minimum atomic E-state index is -0.0737. The highest BCUT2D eigenvalue weighted by molar-refractivity contribution is 9.15. The lowest BCUT2D eigenvalue weighted by atomic mass is 9.90. The Hall–Kier alpha value is -2.65. The van der Waals surface area contributed by atoms with Gasteiger partial charge < -0.3 is 10.6 Å². The molecule has 1 aromatic carbocycles. The van der Waals surface area contributed by atoms with Crippen LogP contribution in [-0.2, 0) is 0 Å². The van der Waals surface area contributed by atoms with Gasteiger partial charge in [-0.3, -0.25) is 9.78 Å². The second kappa shape index (κ2) is 7.49. The summed E-state index contributed by atoms with van der Waals surface area (Å²) in [5, 5.41) is 8.97. The van der Waals surface area contributed by atoms with Gasteiger partial charge in [0.1, 0.15) is 0 Å². The lowest BCUT2D eigenvalue weighted by molar-refractivity contribution is 0.0964. The maximum atomic E-state index is 13.2. The summed E-state index contributed by atoms with van der Waals surface area (Å²) in [7, 11) is 0. The molecule has 0 bridgehead atoms. The van der Waals surface area contributed by atoms with E-state index in [1.54, 1.807) is 30.5 Å². The van der Waals surface area contributed by atoms with E-state index in [2.05, 4.69) is 27.0 Å². The van der Waals surface area contributed by atoms with Gasteiger partial charge in [-0.2, -0.15) is 5.26 Å². The molecule has 1 aliphatic rings. The third-order valence-electron chi connectivity index (χ3n) is 4.33. The van der Waals surface area contributed by atoms with Gasteiger partial charge in [0.05, 0.1) is 21.8 Å². The van der Waals surface area contributed by atoms with E-state index in [0.717, 1.165) is 24.9 Å². The van der Waals surface area contributed by atoms with E-state index in [1.807, 2.05) is 17.0 Å². The number of nitriles is 1. The molecule has 5 nitrogen and oxygen atoms in total. The molecule has 0 unspecified atom stereocenters. The first kappa shape index (κ1) is 17.2. The van der Waals surface area contributed by atoms with Crippen LogP contribution in [0.1, 0.15) is 40.9 Å². The van der Waals surface area contributed by atoms with Crippen molar-refractivity contribution in [2.45, 2.75) is 25.3 Å². The van der Waals surface area contributed by atoms with E-state index in [1.165, 1.54) is 6.20 Å². The lowest BCUT2D eigenvalue weighted by Crippen LogP contribution is -2.44. The molecule has 3 rings (SSSR count). The summed E-state index contributed by atoms with van der Waals surface area (Å²) >= 11 is 3.34. The first-order valence-corrected chi connectivity index (χ1v) is 8.81. The van der Waals surface area contributed by atoms with E-state index >= 15 is 0 Å². The summed E-state index contributed by atoms with van der Waals surface area (Å²) in [6.07, 6.45) is 6.09. The highest BCUT2D eigenvalue weighted by Gasteiger charge is 2.31. The molecule has 1 aromatic heterocycles. The quantitative estimate of drug-likeness (QED) is 0.851. The number of hydrogen-bond donors (Lipinski definition) is 1. The van der Waals surface area contributed by atoms with Gasteiger partial charge in [-0.05, 0) is 71.6 Å². The van der Waals surface area contributed by atoms with Crippen molar-refractivity contribution in [3.05, 3.63) is 65.6 Å². The Bertz CT molecular complexity index is 850. The topological polar surface area (TPSA) is 83.0 Å². The van der Waals surface area contributed by atoms with Crippen molar-refractivity contribution >= 4 is 32.0 Å². The van der Waals surface area contributed by atoms with Crippen LogP contribution in [-0.4, -0.2) is 16.9 Å². The van der Waals surface area contributed by atoms with Gasteiger partial charge in [0.15, 0.2) is 0 Å². The Morgan fingerprint density at radius 2 is 2.04 bits per heavy atom. The molecule has 2 aromatic rings. The molecule has 1 aliphatic carbocycles. The molecule has 0 radical (unpaired) electrons. The Balaban J connectivity index is 1.96. The Morgan fingerprint density at radius 1 is 1.32 bits per heavy atom. The van der Waals surface area contributed by atoms with E-state index in [0.29, 0.717) is 21.3 Å². The highest BCUT2D eigenvalue weighted by atomic mass is 79.9. The summed E-state index contributed by atoms with van der Waals surface area (Å²) in [4.78, 5) is 19.2. The van der Waals surface area contributed by atoms with Crippen molar-refractivity contribution in [1.29, 1.82) is 5.26 Å². The zero-order valence-corrected chi connectivity index (χ0v) is 15.1. The monoisotopic (exact) mass is 396 g/mol. The summed E-state index contributed by atoms with van der Waals surface area (Å²) in [6.45, 7) is 0. The average molecular weight is 397 g/mol. The van der Waals surface area contributed by atoms with Crippen molar-refractivity contribution in [3.63, 3.8) is 0 Å². The van der Waals surface area contributed by atoms with Crippen LogP contribution in [0.4, 0.5) is 5.69 Å². The lowest BCUT2D eigenvalue weighted by Gasteiger charge is -2.37. The molecule has 6 heteroatoms. The van der Waals surface area contributed by atoms with E-state index in [9.17, 15) is 4.79 Å². The van der Waals surface area contributed by atoms with Crippen LogP contribution in [0, 0.1) is 11.3 Å². The van der Waals surface area contributed by atoms with Gasteiger partial charge in [-0.1, -0.05) is 0 Å². The van der Waals surface area contributed by atoms with Crippen molar-refractivity contribution in [1.82, 2.24) is 4.98 Å². The molecular formula is C19H17BrN4O. The van der Waals surface area contributed by atoms with Crippen LogP contribution in [0.2, 0.25) is 0 Å². The minimum absolute atomic E-state index is 0.0737. The number of nitrogens with zero attached hydrogens (tertiary/aromatic N) is 3. The van der Waals surface area contributed by atoms with Crippen molar-refractivity contribution in [2.24, 2.45) is 5.73 Å². The van der Waals surface area contributed by atoms with Gasteiger partial charge in [-0.15, -0.1) is 0 Å². The van der Waals surface area contributed by atoms with Crippen molar-refractivity contribution < 1.29 is 4.79 Å². The second-order valence-electron chi connectivity index (χ2n) is 5.86. The number of carbonyl (C=O) groups is 1. The van der Waals surface area contributed by atoms with E-state index in [-0.39, 0.29) is 11.9 Å². The zero-order chi connectivity index (χ0) is 17.8. The molecule has 0 saturated heterocycles. The number of anilines is 1. The Morgan fingerprint density at radius 3 is 2.60 bits per heavy atom. The third-order valence-corrected chi connectivity index (χ3v) is 5.00. The number of amides is 1. The largest absolute Gasteiger partial charge is 0.404 e. The van der Waals surface area contributed by atoms with Gasteiger partial charge in [0, 0.05) is 29.7 Å². The smallest absolute Gasteiger partial charge is 0.258 e. The number of aromatic nitrogens is 1. The van der Waals surface area contributed by atoms with Gasteiger partial charge in [0.25, 0.3) is 5.91 Å². The Labute approximate surface area is 154 Å². The molecule has 126 valence electrons. The SMILES string of the molecule is N#Cc1ccc(N(C(=O)c2ccnc(C(Br)=CN)c2)C2CCC2)cc1. The summed E-state index contributed by atoms with van der Waals surface area (Å²) < 4.78 is 0.635. The molecule has 1 fully saturated rings. The molecular weight excluding hydrogens is 380 g/mol. The standard InChI is InChI=1S/C19H17BrN4O/c20-17(12-22)18-10-14(8-9-23-18)19(25)24(15-2-1-3-15)16-6-4-13(11-21)5-7-16/h4-10,12,15H,1-3,22H2. The van der Waals surface area contributed by atoms with Gasteiger partial charge in [0.2, 0.25) is 0 Å². The van der Waals surface area contributed by atoms with Crippen LogP contribution in [0.5, 0.6) is 0 Å². The predicted molar refractivity (Wildman–Crippen MR) is 101 cm³/mol. The van der Waals surface area contributed by atoms with Crippen LogP contribution in [0.15, 0.2) is 48.8 Å². The van der Waals surface area contributed by atoms with Crippen LogP contribution >= 0.6 is 15.9 Å². The maximum Gasteiger partial charge on any atom is 0.258 e. The molecule has 1 heterocycles. The highest BCUT2D eigenvalue weighted by Crippen LogP contribution is 2.31. The molecule has 0 atom stereocenters. The van der Waals surface area contributed by atoms with Gasteiger partial charge in [-0.25, -0.2) is 0 Å². The molecule has 0 aliphatic heterocycles. The summed E-state index contributed by atoms with van der Waals surface area (Å²) in [5.74, 6) is -0.0737.